The molecular weight excluding hydrogens is 401 g/mol. The Morgan fingerprint density at radius 3 is 2.30 bits per heavy atom. The van der Waals surface area contributed by atoms with Gasteiger partial charge in [0.05, 0.1) is 0 Å². The summed E-state index contributed by atoms with van der Waals surface area (Å²) in [7, 11) is 0. The fraction of sp³-hybridized carbons (Fsp3) is 0.350. The molecule has 2 aromatic carbocycles. The van der Waals surface area contributed by atoms with Gasteiger partial charge in [-0.05, 0) is 29.7 Å². The van der Waals surface area contributed by atoms with Crippen LogP contribution in [0.4, 0.5) is 5.69 Å². The summed E-state index contributed by atoms with van der Waals surface area (Å²) in [6, 6.07) is 17.7. The summed E-state index contributed by atoms with van der Waals surface area (Å²) in [4.78, 5) is 15.2. The van der Waals surface area contributed by atoms with E-state index in [-0.39, 0.29) is 36.8 Å². The van der Waals surface area contributed by atoms with Crippen LogP contribution in [0.15, 0.2) is 54.6 Å². The smallest absolute Gasteiger partial charge is 0.241 e. The zero-order chi connectivity index (χ0) is 17.5. The summed E-state index contributed by atoms with van der Waals surface area (Å²) >= 11 is 1.96. The molecule has 7 heteroatoms. The van der Waals surface area contributed by atoms with Gasteiger partial charge in [-0.15, -0.1) is 24.8 Å². The number of hydrogen-bond acceptors (Lipinski definition) is 4. The molecule has 3 rings (SSSR count). The average molecular weight is 428 g/mol. The van der Waals surface area contributed by atoms with Gasteiger partial charge in [0, 0.05) is 36.8 Å². The van der Waals surface area contributed by atoms with Crippen molar-refractivity contribution in [2.24, 2.45) is 0 Å². The molecule has 1 heterocycles. The minimum Gasteiger partial charge on any atom is -0.399 e. The van der Waals surface area contributed by atoms with Crippen molar-refractivity contribution in [2.45, 2.75) is 12.5 Å². The highest BCUT2D eigenvalue weighted by Gasteiger charge is 2.28. The van der Waals surface area contributed by atoms with Crippen molar-refractivity contribution < 1.29 is 4.79 Å². The third kappa shape index (κ3) is 6.92. The number of carbonyl (C=O) groups excluding carboxylic acids is 1. The van der Waals surface area contributed by atoms with E-state index in [2.05, 4.69) is 10.2 Å². The van der Waals surface area contributed by atoms with Gasteiger partial charge in [-0.2, -0.15) is 11.8 Å². The van der Waals surface area contributed by atoms with Crippen LogP contribution in [0, 0.1) is 0 Å². The molecule has 0 aliphatic carbocycles. The summed E-state index contributed by atoms with van der Waals surface area (Å²) in [5.74, 6) is 2.26. The lowest BCUT2D eigenvalue weighted by molar-refractivity contribution is -0.126. The van der Waals surface area contributed by atoms with Gasteiger partial charge in [0.25, 0.3) is 0 Å². The Bertz CT molecular complexity index is 679. The first-order valence-electron chi connectivity index (χ1n) is 8.73. The quantitative estimate of drug-likeness (QED) is 0.691. The van der Waals surface area contributed by atoms with Crippen LogP contribution in [-0.2, 0) is 11.2 Å². The normalized spacial score (nSPS) is 15.1. The highest BCUT2D eigenvalue weighted by Crippen LogP contribution is 2.24. The lowest BCUT2D eigenvalue weighted by Gasteiger charge is -2.33. The van der Waals surface area contributed by atoms with Gasteiger partial charge in [-0.3, -0.25) is 9.69 Å². The average Bonchev–Trinajstić information content (AvgIpc) is 2.65. The van der Waals surface area contributed by atoms with E-state index in [1.54, 1.807) is 0 Å². The molecule has 27 heavy (non-hydrogen) atoms. The molecule has 3 N–H and O–H groups in total. The second-order valence-corrected chi connectivity index (χ2v) is 7.47. The van der Waals surface area contributed by atoms with E-state index in [9.17, 15) is 4.79 Å². The number of hydrogen-bond donors (Lipinski definition) is 2. The predicted molar refractivity (Wildman–Crippen MR) is 120 cm³/mol. The third-order valence-electron chi connectivity index (χ3n) is 4.47. The molecule has 1 amide bonds. The van der Waals surface area contributed by atoms with Crippen molar-refractivity contribution in [3.8, 4) is 0 Å². The van der Waals surface area contributed by atoms with Crippen molar-refractivity contribution in [1.82, 2.24) is 10.2 Å². The van der Waals surface area contributed by atoms with Crippen LogP contribution in [0.3, 0.4) is 0 Å². The highest BCUT2D eigenvalue weighted by molar-refractivity contribution is 7.99. The van der Waals surface area contributed by atoms with Gasteiger partial charge in [-0.1, -0.05) is 42.5 Å². The van der Waals surface area contributed by atoms with E-state index < -0.39 is 0 Å². The Hall–Kier alpha value is -1.40. The summed E-state index contributed by atoms with van der Waals surface area (Å²) < 4.78 is 0. The number of nitrogens with one attached hydrogen (secondary N) is 1. The van der Waals surface area contributed by atoms with Gasteiger partial charge in [0.2, 0.25) is 5.91 Å². The summed E-state index contributed by atoms with van der Waals surface area (Å²) in [5.41, 5.74) is 8.73. The maximum atomic E-state index is 12.9. The number of halogens is 2. The van der Waals surface area contributed by atoms with E-state index in [1.807, 2.05) is 66.4 Å². The maximum absolute atomic E-state index is 12.9. The standard InChI is InChI=1S/C20H25N3OS.2ClH/c21-18-8-6-16(7-9-18)10-11-22-20(24)19(17-4-2-1-3-5-17)23-12-14-25-15-13-23;;/h1-9,19H,10-15,21H2,(H,22,24);2*1H. The van der Waals surface area contributed by atoms with Crippen molar-refractivity contribution >= 4 is 48.2 Å². The molecule has 1 saturated heterocycles. The van der Waals surface area contributed by atoms with Crippen molar-refractivity contribution in [3.63, 3.8) is 0 Å². The minimum absolute atomic E-state index is 0. The van der Waals surface area contributed by atoms with Crippen LogP contribution in [0.25, 0.3) is 0 Å². The van der Waals surface area contributed by atoms with Crippen molar-refractivity contribution in [1.29, 1.82) is 0 Å². The number of nitrogens with zero attached hydrogens (tertiary/aromatic N) is 1. The monoisotopic (exact) mass is 427 g/mol. The van der Waals surface area contributed by atoms with Crippen LogP contribution in [0.1, 0.15) is 17.2 Å². The van der Waals surface area contributed by atoms with Crippen LogP contribution in [0.2, 0.25) is 0 Å². The summed E-state index contributed by atoms with van der Waals surface area (Å²) in [6.45, 7) is 2.54. The minimum atomic E-state index is -0.200. The zero-order valence-corrected chi connectivity index (χ0v) is 17.6. The second-order valence-electron chi connectivity index (χ2n) is 6.24. The molecule has 1 fully saturated rings. The van der Waals surface area contributed by atoms with Crippen LogP contribution < -0.4 is 11.1 Å². The van der Waals surface area contributed by atoms with Crippen LogP contribution in [0.5, 0.6) is 0 Å². The highest BCUT2D eigenvalue weighted by atomic mass is 35.5. The van der Waals surface area contributed by atoms with E-state index in [4.69, 9.17) is 5.73 Å². The maximum Gasteiger partial charge on any atom is 0.241 e. The lowest BCUT2D eigenvalue weighted by atomic mass is 10.0. The Morgan fingerprint density at radius 1 is 1.04 bits per heavy atom. The Labute approximate surface area is 178 Å². The zero-order valence-electron chi connectivity index (χ0n) is 15.2. The number of amides is 1. The van der Waals surface area contributed by atoms with Gasteiger partial charge >= 0.3 is 0 Å². The Balaban J connectivity index is 0.00000182. The molecule has 0 radical (unpaired) electrons. The first-order valence-corrected chi connectivity index (χ1v) is 9.88. The Morgan fingerprint density at radius 2 is 1.67 bits per heavy atom. The molecule has 0 aromatic heterocycles. The van der Waals surface area contributed by atoms with E-state index in [0.717, 1.165) is 42.3 Å². The second kappa shape index (κ2) is 12.1. The van der Waals surface area contributed by atoms with Crippen LogP contribution in [-0.4, -0.2) is 41.9 Å². The number of benzene rings is 2. The number of anilines is 1. The molecule has 1 atom stereocenters. The number of carbonyl (C=O) groups is 1. The van der Waals surface area contributed by atoms with Gasteiger partial charge in [-0.25, -0.2) is 0 Å². The molecule has 1 aliphatic rings. The Kier molecular flexibility index (Phi) is 10.6. The first kappa shape index (κ1) is 23.6. The topological polar surface area (TPSA) is 58.4 Å². The predicted octanol–water partition coefficient (Wildman–Crippen LogP) is 3.56. The molecule has 4 nitrogen and oxygen atoms in total. The fourth-order valence-electron chi connectivity index (χ4n) is 3.11. The van der Waals surface area contributed by atoms with Crippen molar-refractivity contribution in [2.75, 3.05) is 36.9 Å². The lowest BCUT2D eigenvalue weighted by Crippen LogP contribution is -2.44. The molecule has 2 aromatic rings. The van der Waals surface area contributed by atoms with E-state index in [1.165, 1.54) is 5.56 Å². The first-order chi connectivity index (χ1) is 12.2. The molecule has 148 valence electrons. The van der Waals surface area contributed by atoms with Crippen LogP contribution >= 0.6 is 36.6 Å². The fourth-order valence-corrected chi connectivity index (χ4v) is 4.04. The molecular formula is C20H27Cl2N3OS. The third-order valence-corrected chi connectivity index (χ3v) is 5.41. The molecule has 1 unspecified atom stereocenters. The number of thioether (sulfide) groups is 1. The number of nitrogens with two attached hydrogens (primary N) is 1. The summed E-state index contributed by atoms with van der Waals surface area (Å²) in [5, 5.41) is 3.12. The largest absolute Gasteiger partial charge is 0.399 e. The molecule has 0 saturated carbocycles. The molecule has 0 bridgehead atoms. The SMILES string of the molecule is Cl.Cl.Nc1ccc(CCNC(=O)C(c2ccccc2)N2CCSCC2)cc1. The van der Waals surface area contributed by atoms with Crippen molar-refractivity contribution in [3.05, 3.63) is 65.7 Å². The van der Waals surface area contributed by atoms with Gasteiger partial charge < -0.3 is 11.1 Å². The molecule has 1 aliphatic heterocycles. The van der Waals surface area contributed by atoms with Gasteiger partial charge in [0.1, 0.15) is 6.04 Å². The van der Waals surface area contributed by atoms with E-state index >= 15 is 0 Å². The number of rotatable bonds is 6. The van der Waals surface area contributed by atoms with Gasteiger partial charge in [0.15, 0.2) is 0 Å². The molecule has 0 spiro atoms. The number of nitrogen functional groups attached to an aromatic ring is 1. The summed E-state index contributed by atoms with van der Waals surface area (Å²) in [6.07, 6.45) is 0.809. The van der Waals surface area contributed by atoms with E-state index in [0.29, 0.717) is 6.54 Å².